The van der Waals surface area contributed by atoms with E-state index in [9.17, 15) is 14.4 Å². The van der Waals surface area contributed by atoms with E-state index in [4.69, 9.17) is 0 Å². The molecule has 0 bridgehead atoms. The molecular formula is C19H18N8O3. The van der Waals surface area contributed by atoms with Crippen LogP contribution in [0, 0.1) is 5.92 Å². The summed E-state index contributed by atoms with van der Waals surface area (Å²) in [5, 5.41) is 18.5. The number of tetrazole rings is 1. The lowest BCUT2D eigenvalue weighted by Crippen LogP contribution is -2.38. The van der Waals surface area contributed by atoms with Crippen molar-refractivity contribution in [3.8, 4) is 0 Å². The van der Waals surface area contributed by atoms with Crippen molar-refractivity contribution < 1.29 is 14.4 Å². The third kappa shape index (κ3) is 2.95. The van der Waals surface area contributed by atoms with Crippen molar-refractivity contribution in [3.63, 3.8) is 0 Å². The van der Waals surface area contributed by atoms with Gasteiger partial charge in [-0.15, -0.1) is 14.8 Å². The quantitative estimate of drug-likeness (QED) is 0.627. The first-order chi connectivity index (χ1) is 14.5. The Morgan fingerprint density at radius 3 is 2.63 bits per heavy atom. The Morgan fingerprint density at radius 1 is 1.07 bits per heavy atom. The highest BCUT2D eigenvalue weighted by molar-refractivity contribution is 6.21. The van der Waals surface area contributed by atoms with Gasteiger partial charge in [-0.25, -0.2) is 0 Å². The summed E-state index contributed by atoms with van der Waals surface area (Å²) in [5.74, 6) is -0.158. The number of imide groups is 1. The Balaban J connectivity index is 1.23. The van der Waals surface area contributed by atoms with Crippen LogP contribution in [0.4, 0.5) is 11.5 Å². The van der Waals surface area contributed by atoms with Crippen molar-refractivity contribution in [2.75, 3.05) is 30.4 Å². The second kappa shape index (κ2) is 6.87. The molecule has 1 N–H and O–H groups in total. The normalized spacial score (nSPS) is 17.0. The number of amides is 3. The number of rotatable bonds is 3. The molecular weight excluding hydrogens is 388 g/mol. The molecule has 0 unspecified atom stereocenters. The van der Waals surface area contributed by atoms with Crippen molar-refractivity contribution in [2.45, 2.75) is 12.8 Å². The van der Waals surface area contributed by atoms with Crippen molar-refractivity contribution in [2.24, 2.45) is 5.92 Å². The van der Waals surface area contributed by atoms with Gasteiger partial charge in [-0.1, -0.05) is 0 Å². The number of anilines is 2. The largest absolute Gasteiger partial charge is 0.355 e. The number of hydrogen-bond acceptors (Lipinski definition) is 8. The monoisotopic (exact) mass is 406 g/mol. The minimum Gasteiger partial charge on any atom is -0.355 e. The molecule has 2 aliphatic rings. The summed E-state index contributed by atoms with van der Waals surface area (Å²) < 4.78 is 1.38. The van der Waals surface area contributed by atoms with Gasteiger partial charge >= 0.3 is 0 Å². The third-order valence-electron chi connectivity index (χ3n) is 5.60. The summed E-state index contributed by atoms with van der Waals surface area (Å²) >= 11 is 0. The first-order valence-electron chi connectivity index (χ1n) is 9.59. The van der Waals surface area contributed by atoms with Crippen LogP contribution in [0.15, 0.2) is 30.3 Å². The number of fused-ring (bicyclic) bond motifs is 2. The predicted octanol–water partition coefficient (Wildman–Crippen LogP) is 0.600. The SMILES string of the molecule is CN1C(=O)c2ccc(NC(=O)C3CCN(c4ccc5nnnn5n4)CC3)cc2C1=O. The number of aromatic nitrogens is 5. The highest BCUT2D eigenvalue weighted by Gasteiger charge is 2.33. The lowest BCUT2D eigenvalue weighted by Gasteiger charge is -2.31. The predicted molar refractivity (Wildman–Crippen MR) is 105 cm³/mol. The van der Waals surface area contributed by atoms with E-state index in [2.05, 4.69) is 30.8 Å². The van der Waals surface area contributed by atoms with E-state index in [-0.39, 0.29) is 23.6 Å². The molecule has 1 fully saturated rings. The standard InChI is InChI=1S/C19H18N8O3/c1-25-18(29)13-3-2-12(10-14(13)19(25)30)20-17(28)11-6-8-26(9-7-11)16-5-4-15-21-23-24-27(15)22-16/h2-5,10-11H,6-9H2,1H3,(H,20,28). The number of nitrogens with one attached hydrogen (secondary N) is 1. The molecule has 11 nitrogen and oxygen atoms in total. The van der Waals surface area contributed by atoms with Gasteiger partial charge in [0.1, 0.15) is 0 Å². The average molecular weight is 406 g/mol. The molecule has 0 saturated carbocycles. The van der Waals surface area contributed by atoms with Crippen LogP contribution in [0.1, 0.15) is 33.6 Å². The molecule has 2 aliphatic heterocycles. The van der Waals surface area contributed by atoms with Gasteiger partial charge in [0.05, 0.1) is 11.1 Å². The summed E-state index contributed by atoms with van der Waals surface area (Å²) in [6.45, 7) is 1.36. The molecule has 4 heterocycles. The lowest BCUT2D eigenvalue weighted by molar-refractivity contribution is -0.120. The molecule has 3 aromatic rings. The van der Waals surface area contributed by atoms with E-state index in [0.29, 0.717) is 48.4 Å². The summed E-state index contributed by atoms with van der Waals surface area (Å²) in [4.78, 5) is 40.0. The minimum absolute atomic E-state index is 0.0939. The zero-order valence-corrected chi connectivity index (χ0v) is 16.1. The van der Waals surface area contributed by atoms with Crippen LogP contribution in [-0.2, 0) is 4.79 Å². The zero-order chi connectivity index (χ0) is 20.8. The summed E-state index contributed by atoms with van der Waals surface area (Å²) in [6.07, 6.45) is 1.35. The van der Waals surface area contributed by atoms with Gasteiger partial charge in [0.2, 0.25) is 5.91 Å². The van der Waals surface area contributed by atoms with E-state index >= 15 is 0 Å². The van der Waals surface area contributed by atoms with Gasteiger partial charge in [-0.3, -0.25) is 19.3 Å². The zero-order valence-electron chi connectivity index (χ0n) is 16.1. The van der Waals surface area contributed by atoms with Crippen LogP contribution < -0.4 is 10.2 Å². The molecule has 30 heavy (non-hydrogen) atoms. The number of carbonyl (C=O) groups excluding carboxylic acids is 3. The van der Waals surface area contributed by atoms with Gasteiger partial charge in [0.15, 0.2) is 11.5 Å². The smallest absolute Gasteiger partial charge is 0.261 e. The van der Waals surface area contributed by atoms with Gasteiger partial charge in [-0.05, 0) is 53.6 Å². The van der Waals surface area contributed by atoms with Crippen LogP contribution in [0.25, 0.3) is 5.65 Å². The van der Waals surface area contributed by atoms with Gasteiger partial charge in [0, 0.05) is 31.7 Å². The minimum atomic E-state index is -0.355. The van der Waals surface area contributed by atoms with E-state index in [1.54, 1.807) is 24.3 Å². The maximum Gasteiger partial charge on any atom is 0.261 e. The van der Waals surface area contributed by atoms with Gasteiger partial charge in [-0.2, -0.15) is 0 Å². The molecule has 0 radical (unpaired) electrons. The molecule has 152 valence electrons. The van der Waals surface area contributed by atoms with Crippen molar-refractivity contribution in [1.29, 1.82) is 0 Å². The van der Waals surface area contributed by atoms with Gasteiger partial charge < -0.3 is 10.2 Å². The Bertz CT molecular complexity index is 1180. The molecule has 2 aromatic heterocycles. The molecule has 0 spiro atoms. The average Bonchev–Trinajstić information content (AvgIpc) is 3.32. The summed E-state index contributed by atoms with van der Waals surface area (Å²) in [7, 11) is 1.45. The van der Waals surface area contributed by atoms with Crippen molar-refractivity contribution in [1.82, 2.24) is 30.2 Å². The maximum atomic E-state index is 12.7. The highest BCUT2D eigenvalue weighted by Crippen LogP contribution is 2.27. The Morgan fingerprint density at radius 2 is 1.83 bits per heavy atom. The fourth-order valence-electron chi connectivity index (χ4n) is 3.86. The van der Waals surface area contributed by atoms with Crippen LogP contribution >= 0.6 is 0 Å². The first-order valence-corrected chi connectivity index (χ1v) is 9.59. The topological polar surface area (TPSA) is 126 Å². The number of benzene rings is 1. The van der Waals surface area contributed by atoms with E-state index in [1.807, 2.05) is 6.07 Å². The Hall–Kier alpha value is -3.89. The fraction of sp³-hybridized carbons (Fsp3) is 0.316. The number of carbonyl (C=O) groups is 3. The second-order valence-corrected chi connectivity index (χ2v) is 7.40. The Labute approximate surface area is 170 Å². The molecule has 0 aliphatic carbocycles. The molecule has 3 amide bonds. The van der Waals surface area contributed by atoms with Crippen molar-refractivity contribution >= 4 is 34.9 Å². The molecule has 5 rings (SSSR count). The van der Waals surface area contributed by atoms with Crippen LogP contribution in [0.5, 0.6) is 0 Å². The first kappa shape index (κ1) is 18.2. The number of piperidine rings is 1. The second-order valence-electron chi connectivity index (χ2n) is 7.40. The number of nitrogens with zero attached hydrogens (tertiary/aromatic N) is 7. The summed E-state index contributed by atoms with van der Waals surface area (Å²) in [6, 6.07) is 8.47. The van der Waals surface area contributed by atoms with E-state index in [0.717, 1.165) is 10.7 Å². The van der Waals surface area contributed by atoms with Crippen molar-refractivity contribution in [3.05, 3.63) is 41.5 Å². The molecule has 1 saturated heterocycles. The third-order valence-corrected chi connectivity index (χ3v) is 5.60. The van der Waals surface area contributed by atoms with Crippen LogP contribution in [0.3, 0.4) is 0 Å². The van der Waals surface area contributed by atoms with Crippen LogP contribution in [0.2, 0.25) is 0 Å². The van der Waals surface area contributed by atoms with Crippen LogP contribution in [-0.4, -0.2) is 68.0 Å². The maximum absolute atomic E-state index is 12.7. The highest BCUT2D eigenvalue weighted by atomic mass is 16.2. The number of hydrogen-bond donors (Lipinski definition) is 1. The molecule has 0 atom stereocenters. The molecule has 1 aromatic carbocycles. The van der Waals surface area contributed by atoms with Gasteiger partial charge in [0.25, 0.3) is 11.8 Å². The summed E-state index contributed by atoms with van der Waals surface area (Å²) in [5.41, 5.74) is 1.78. The lowest BCUT2D eigenvalue weighted by atomic mass is 9.95. The fourth-order valence-corrected chi connectivity index (χ4v) is 3.86. The van der Waals surface area contributed by atoms with E-state index in [1.165, 1.54) is 11.7 Å². The van der Waals surface area contributed by atoms with E-state index < -0.39 is 0 Å². The molecule has 11 heteroatoms. The Kier molecular flexibility index (Phi) is 4.16.